The fourth-order valence-corrected chi connectivity index (χ4v) is 6.54. The van der Waals surface area contributed by atoms with E-state index in [0.29, 0.717) is 12.8 Å². The molecule has 0 bridgehead atoms. The van der Waals surface area contributed by atoms with Gasteiger partial charge in [-0.15, -0.1) is 0 Å². The molecule has 0 aliphatic rings. The molecule has 0 saturated carbocycles. The van der Waals surface area contributed by atoms with E-state index in [0.717, 1.165) is 64.2 Å². The standard InChI is InChI=1S/C44H77NO5S/c1-3-5-7-9-11-13-15-17-19-21-22-24-25-27-29-31-33-35-37-39-43(46)42(41-51(48,49)50)45-44(47)40-38-36-34-32-30-28-26-23-20-18-16-14-12-10-8-6-4-2/h6,8,12,14,18,20,26,28-29,31,37,39,42-43,46H,3-5,7,9-11,13,15-17,19,21-25,27,30,32-36,38,40-41H2,1-2H3,(H,45,47)(H,48,49,50)/b8-6-,14-12-,20-18-,28-26-,31-29+,39-37+. The van der Waals surface area contributed by atoms with Gasteiger partial charge in [-0.1, -0.05) is 177 Å². The van der Waals surface area contributed by atoms with Crippen molar-refractivity contribution in [3.05, 3.63) is 72.9 Å². The first-order chi connectivity index (χ1) is 24.8. The van der Waals surface area contributed by atoms with Crippen molar-refractivity contribution in [2.24, 2.45) is 0 Å². The van der Waals surface area contributed by atoms with Crippen molar-refractivity contribution in [2.75, 3.05) is 5.75 Å². The minimum atomic E-state index is -4.37. The number of aliphatic hydroxyl groups excluding tert-OH is 1. The van der Waals surface area contributed by atoms with E-state index in [1.807, 2.05) is 0 Å². The molecule has 2 unspecified atom stereocenters. The minimum absolute atomic E-state index is 0.256. The lowest BCUT2D eigenvalue weighted by atomic mass is 10.0. The van der Waals surface area contributed by atoms with Gasteiger partial charge >= 0.3 is 0 Å². The molecule has 0 fully saturated rings. The van der Waals surface area contributed by atoms with Crippen molar-refractivity contribution >= 4 is 16.0 Å². The highest BCUT2D eigenvalue weighted by atomic mass is 32.2. The molecule has 6 nitrogen and oxygen atoms in total. The first-order valence-corrected chi connectivity index (χ1v) is 22.2. The number of hydrogen-bond acceptors (Lipinski definition) is 4. The topological polar surface area (TPSA) is 104 Å². The number of aliphatic hydroxyl groups is 1. The Morgan fingerprint density at radius 3 is 1.47 bits per heavy atom. The normalized spacial score (nSPS) is 14.0. The van der Waals surface area contributed by atoms with Gasteiger partial charge in [-0.05, 0) is 70.6 Å². The van der Waals surface area contributed by atoms with Crippen LogP contribution in [-0.4, -0.2) is 41.9 Å². The zero-order valence-electron chi connectivity index (χ0n) is 32.7. The molecule has 7 heteroatoms. The third-order valence-corrected chi connectivity index (χ3v) is 9.65. The SMILES string of the molecule is CC/C=C\C/C=C\C/C=C\C/C=C\CCCCCCC(=O)NC(CS(=O)(=O)O)C(O)/C=C/CC/C=C/CCCCCCCCCCCCCCC. The van der Waals surface area contributed by atoms with Crippen LogP contribution >= 0.6 is 0 Å². The second-order valence-electron chi connectivity index (χ2n) is 13.9. The van der Waals surface area contributed by atoms with Crippen LogP contribution < -0.4 is 5.32 Å². The van der Waals surface area contributed by atoms with Gasteiger partial charge in [0, 0.05) is 6.42 Å². The molecule has 0 aliphatic carbocycles. The van der Waals surface area contributed by atoms with E-state index in [1.165, 1.54) is 89.5 Å². The maximum Gasteiger partial charge on any atom is 0.267 e. The largest absolute Gasteiger partial charge is 0.387 e. The van der Waals surface area contributed by atoms with E-state index in [4.69, 9.17) is 0 Å². The van der Waals surface area contributed by atoms with Gasteiger partial charge in [0.2, 0.25) is 5.91 Å². The van der Waals surface area contributed by atoms with Crippen molar-refractivity contribution < 1.29 is 22.9 Å². The van der Waals surface area contributed by atoms with E-state index >= 15 is 0 Å². The maximum absolute atomic E-state index is 12.5. The number of nitrogens with one attached hydrogen (secondary N) is 1. The van der Waals surface area contributed by atoms with Crippen LogP contribution in [0.1, 0.15) is 181 Å². The maximum atomic E-state index is 12.5. The predicted molar refractivity (Wildman–Crippen MR) is 221 cm³/mol. The molecule has 0 spiro atoms. The van der Waals surface area contributed by atoms with Gasteiger partial charge in [-0.25, -0.2) is 0 Å². The van der Waals surface area contributed by atoms with Crippen LogP contribution in [0.3, 0.4) is 0 Å². The zero-order valence-corrected chi connectivity index (χ0v) is 33.5. The zero-order chi connectivity index (χ0) is 37.5. The second-order valence-corrected chi connectivity index (χ2v) is 15.4. The van der Waals surface area contributed by atoms with Gasteiger partial charge in [-0.2, -0.15) is 8.42 Å². The quantitative estimate of drug-likeness (QED) is 0.0338. The Hall–Kier alpha value is -2.22. The smallest absolute Gasteiger partial charge is 0.267 e. The van der Waals surface area contributed by atoms with Gasteiger partial charge in [0.15, 0.2) is 0 Å². The summed E-state index contributed by atoms with van der Waals surface area (Å²) < 4.78 is 32.5. The molecule has 0 aliphatic heterocycles. The summed E-state index contributed by atoms with van der Waals surface area (Å²) in [7, 11) is -4.37. The Labute approximate surface area is 314 Å². The van der Waals surface area contributed by atoms with Crippen LogP contribution in [0.5, 0.6) is 0 Å². The number of hydrogen-bond donors (Lipinski definition) is 3. The van der Waals surface area contributed by atoms with Crippen molar-refractivity contribution in [1.82, 2.24) is 5.32 Å². The van der Waals surface area contributed by atoms with Crippen molar-refractivity contribution in [3.8, 4) is 0 Å². The molecule has 0 aromatic carbocycles. The molecule has 3 N–H and O–H groups in total. The Kier molecular flexibility index (Phi) is 35.9. The van der Waals surface area contributed by atoms with Crippen molar-refractivity contribution in [2.45, 2.75) is 193 Å². The summed E-state index contributed by atoms with van der Waals surface area (Å²) in [6.07, 6.45) is 53.2. The lowest BCUT2D eigenvalue weighted by Gasteiger charge is -2.21. The highest BCUT2D eigenvalue weighted by Gasteiger charge is 2.24. The summed E-state index contributed by atoms with van der Waals surface area (Å²) in [5.41, 5.74) is 0. The number of amides is 1. The monoisotopic (exact) mass is 732 g/mol. The van der Waals surface area contributed by atoms with Crippen LogP contribution in [0.4, 0.5) is 0 Å². The molecule has 0 radical (unpaired) electrons. The molecule has 0 rings (SSSR count). The average molecular weight is 732 g/mol. The first kappa shape index (κ1) is 48.8. The number of carbonyl (C=O) groups excluding carboxylic acids is 1. The molecule has 0 heterocycles. The van der Waals surface area contributed by atoms with Crippen LogP contribution in [-0.2, 0) is 14.9 Å². The molecule has 0 saturated heterocycles. The summed E-state index contributed by atoms with van der Waals surface area (Å²) in [6, 6.07) is -1.09. The summed E-state index contributed by atoms with van der Waals surface area (Å²) >= 11 is 0. The van der Waals surface area contributed by atoms with Crippen LogP contribution in [0.25, 0.3) is 0 Å². The van der Waals surface area contributed by atoms with Gasteiger partial charge in [0.25, 0.3) is 10.1 Å². The predicted octanol–water partition coefficient (Wildman–Crippen LogP) is 12.2. The lowest BCUT2D eigenvalue weighted by Crippen LogP contribution is -2.46. The van der Waals surface area contributed by atoms with Gasteiger partial charge < -0.3 is 10.4 Å². The Bertz CT molecular complexity index is 1070. The fraction of sp³-hybridized carbons (Fsp3) is 0.705. The molecule has 51 heavy (non-hydrogen) atoms. The molecular formula is C44H77NO5S. The number of unbranched alkanes of at least 4 members (excludes halogenated alkanes) is 18. The molecule has 294 valence electrons. The lowest BCUT2D eigenvalue weighted by molar-refractivity contribution is -0.122. The van der Waals surface area contributed by atoms with Crippen molar-refractivity contribution in [3.63, 3.8) is 0 Å². The Morgan fingerprint density at radius 1 is 0.549 bits per heavy atom. The van der Waals surface area contributed by atoms with Gasteiger partial charge in [-0.3, -0.25) is 9.35 Å². The summed E-state index contributed by atoms with van der Waals surface area (Å²) in [5.74, 6) is -1.04. The molecule has 2 atom stereocenters. The fourth-order valence-electron chi connectivity index (χ4n) is 5.81. The van der Waals surface area contributed by atoms with E-state index < -0.39 is 28.0 Å². The first-order valence-electron chi connectivity index (χ1n) is 20.6. The highest BCUT2D eigenvalue weighted by molar-refractivity contribution is 7.85. The van der Waals surface area contributed by atoms with Crippen LogP contribution in [0.2, 0.25) is 0 Å². The molecule has 1 amide bonds. The van der Waals surface area contributed by atoms with Gasteiger partial charge in [0.1, 0.15) is 0 Å². The minimum Gasteiger partial charge on any atom is -0.387 e. The molecular weight excluding hydrogens is 655 g/mol. The Morgan fingerprint density at radius 2 is 0.961 bits per heavy atom. The highest BCUT2D eigenvalue weighted by Crippen LogP contribution is 2.13. The van der Waals surface area contributed by atoms with Crippen molar-refractivity contribution in [1.29, 1.82) is 0 Å². The van der Waals surface area contributed by atoms with Crippen LogP contribution in [0, 0.1) is 0 Å². The Balaban J connectivity index is 4.03. The number of rotatable bonds is 36. The van der Waals surface area contributed by atoms with E-state index in [1.54, 1.807) is 6.08 Å². The van der Waals surface area contributed by atoms with E-state index in [2.05, 4.69) is 79.9 Å². The van der Waals surface area contributed by atoms with Gasteiger partial charge in [0.05, 0.1) is 17.9 Å². The van der Waals surface area contributed by atoms with Crippen LogP contribution in [0.15, 0.2) is 72.9 Å². The molecule has 0 aromatic heterocycles. The van der Waals surface area contributed by atoms with E-state index in [-0.39, 0.29) is 12.3 Å². The number of carbonyl (C=O) groups is 1. The number of allylic oxidation sites excluding steroid dienone is 11. The van der Waals surface area contributed by atoms with E-state index in [9.17, 15) is 22.9 Å². The summed E-state index contributed by atoms with van der Waals surface area (Å²) in [6.45, 7) is 4.41. The third kappa shape index (κ3) is 38.8. The summed E-state index contributed by atoms with van der Waals surface area (Å²) in [5, 5.41) is 13.2. The summed E-state index contributed by atoms with van der Waals surface area (Å²) in [4.78, 5) is 12.5. The average Bonchev–Trinajstić information content (AvgIpc) is 3.09. The second kappa shape index (κ2) is 37.5. The molecule has 0 aromatic rings. The third-order valence-electron chi connectivity index (χ3n) is 8.87.